The number of anilines is 2. The maximum Gasteiger partial charge on any atom is 0.310 e. The molecule has 1 heterocycles. The van der Waals surface area contributed by atoms with Gasteiger partial charge in [-0.15, -0.1) is 0 Å². The molecule has 16 heavy (non-hydrogen) atoms. The average molecular weight is 223 g/mol. The first-order chi connectivity index (χ1) is 7.54. The van der Waals surface area contributed by atoms with Crippen molar-refractivity contribution in [3.63, 3.8) is 0 Å². The molecule has 0 saturated carbocycles. The number of pyridine rings is 1. The van der Waals surface area contributed by atoms with Gasteiger partial charge in [0.2, 0.25) is 0 Å². The van der Waals surface area contributed by atoms with Gasteiger partial charge >= 0.3 is 5.97 Å². The van der Waals surface area contributed by atoms with Crippen LogP contribution in [-0.4, -0.2) is 31.7 Å². The summed E-state index contributed by atoms with van der Waals surface area (Å²) in [6.07, 6.45) is 0. The van der Waals surface area contributed by atoms with Crippen LogP contribution in [0, 0.1) is 5.92 Å². The molecule has 0 aromatic carbocycles. The molecule has 0 fully saturated rings. The summed E-state index contributed by atoms with van der Waals surface area (Å²) >= 11 is 0. The summed E-state index contributed by atoms with van der Waals surface area (Å²) in [5, 5.41) is 0. The van der Waals surface area contributed by atoms with E-state index in [9.17, 15) is 4.79 Å². The fraction of sp³-hybridized carbons (Fsp3) is 0.455. The van der Waals surface area contributed by atoms with E-state index in [2.05, 4.69) is 9.72 Å². The van der Waals surface area contributed by atoms with Gasteiger partial charge in [0.05, 0.1) is 13.0 Å². The van der Waals surface area contributed by atoms with Gasteiger partial charge in [0.15, 0.2) is 0 Å². The Morgan fingerprint density at radius 1 is 1.62 bits per heavy atom. The molecule has 2 N–H and O–H groups in total. The molecule has 0 aliphatic carbocycles. The molecule has 1 aromatic rings. The molecular weight excluding hydrogens is 206 g/mol. The number of methoxy groups -OCH3 is 1. The minimum atomic E-state index is -0.226. The van der Waals surface area contributed by atoms with Gasteiger partial charge in [0.1, 0.15) is 11.6 Å². The van der Waals surface area contributed by atoms with Crippen LogP contribution in [0.2, 0.25) is 0 Å². The molecule has 5 nitrogen and oxygen atoms in total. The van der Waals surface area contributed by atoms with Crippen molar-refractivity contribution < 1.29 is 9.53 Å². The van der Waals surface area contributed by atoms with Crippen LogP contribution in [0.5, 0.6) is 0 Å². The van der Waals surface area contributed by atoms with E-state index in [1.165, 1.54) is 7.11 Å². The molecule has 1 atom stereocenters. The number of nitrogen functional groups attached to an aromatic ring is 1. The van der Waals surface area contributed by atoms with Crippen molar-refractivity contribution in [3.05, 3.63) is 18.2 Å². The second-order valence-electron chi connectivity index (χ2n) is 3.73. The first kappa shape index (κ1) is 12.3. The maximum atomic E-state index is 11.3. The summed E-state index contributed by atoms with van der Waals surface area (Å²) in [6, 6.07) is 5.40. The van der Waals surface area contributed by atoms with Crippen LogP contribution in [0.3, 0.4) is 0 Å². The minimum absolute atomic E-state index is 0.196. The SMILES string of the molecule is COC(=O)C(C)CN(C)c1cccc(N)n1. The Balaban J connectivity index is 2.65. The van der Waals surface area contributed by atoms with E-state index in [1.54, 1.807) is 6.07 Å². The Morgan fingerprint density at radius 2 is 2.31 bits per heavy atom. The number of carbonyl (C=O) groups excluding carboxylic acids is 1. The fourth-order valence-corrected chi connectivity index (χ4v) is 1.43. The number of aromatic nitrogens is 1. The van der Waals surface area contributed by atoms with Crippen molar-refractivity contribution in [1.82, 2.24) is 4.98 Å². The Bertz CT molecular complexity index is 368. The molecule has 5 heteroatoms. The highest BCUT2D eigenvalue weighted by molar-refractivity contribution is 5.72. The Morgan fingerprint density at radius 3 is 2.88 bits per heavy atom. The summed E-state index contributed by atoms with van der Waals surface area (Å²) < 4.78 is 4.66. The molecule has 88 valence electrons. The summed E-state index contributed by atoms with van der Waals surface area (Å²) in [5.74, 6) is 0.791. The minimum Gasteiger partial charge on any atom is -0.469 e. The monoisotopic (exact) mass is 223 g/mol. The lowest BCUT2D eigenvalue weighted by Gasteiger charge is -2.21. The number of carbonyl (C=O) groups is 1. The van der Waals surface area contributed by atoms with Gasteiger partial charge in [-0.05, 0) is 12.1 Å². The lowest BCUT2D eigenvalue weighted by atomic mass is 10.2. The average Bonchev–Trinajstić information content (AvgIpc) is 2.27. The van der Waals surface area contributed by atoms with Crippen LogP contribution in [-0.2, 0) is 9.53 Å². The number of esters is 1. The predicted molar refractivity (Wildman–Crippen MR) is 63.1 cm³/mol. The first-order valence-electron chi connectivity index (χ1n) is 5.06. The van der Waals surface area contributed by atoms with E-state index in [4.69, 9.17) is 5.73 Å². The van der Waals surface area contributed by atoms with Gasteiger partial charge in [-0.25, -0.2) is 4.98 Å². The van der Waals surface area contributed by atoms with Crippen LogP contribution in [0.25, 0.3) is 0 Å². The highest BCUT2D eigenvalue weighted by Crippen LogP contribution is 2.12. The Hall–Kier alpha value is -1.78. The largest absolute Gasteiger partial charge is 0.469 e. The normalized spacial score (nSPS) is 11.9. The van der Waals surface area contributed by atoms with Crippen LogP contribution >= 0.6 is 0 Å². The standard InChI is InChI=1S/C11H17N3O2/c1-8(11(15)16-3)7-14(2)10-6-4-5-9(12)13-10/h4-6,8H,7H2,1-3H3,(H2,12,13). The number of ether oxygens (including phenoxy) is 1. The van der Waals surface area contributed by atoms with Crippen LogP contribution in [0.4, 0.5) is 11.6 Å². The Labute approximate surface area is 95.2 Å². The second kappa shape index (κ2) is 5.34. The predicted octanol–water partition coefficient (Wildman–Crippen LogP) is 0.909. The summed E-state index contributed by atoms with van der Waals surface area (Å²) in [5.41, 5.74) is 5.58. The lowest BCUT2D eigenvalue weighted by Crippen LogP contribution is -2.29. The van der Waals surface area contributed by atoms with Gasteiger partial charge in [-0.2, -0.15) is 0 Å². The fourth-order valence-electron chi connectivity index (χ4n) is 1.43. The Kier molecular flexibility index (Phi) is 4.10. The smallest absolute Gasteiger partial charge is 0.310 e. The molecule has 0 spiro atoms. The number of nitrogens with two attached hydrogens (primary N) is 1. The number of hydrogen-bond acceptors (Lipinski definition) is 5. The molecule has 0 bridgehead atoms. The van der Waals surface area contributed by atoms with Crippen molar-refractivity contribution in [2.75, 3.05) is 31.3 Å². The van der Waals surface area contributed by atoms with E-state index in [1.807, 2.05) is 31.0 Å². The first-order valence-corrected chi connectivity index (χ1v) is 5.06. The molecule has 0 saturated heterocycles. The van der Waals surface area contributed by atoms with E-state index < -0.39 is 0 Å². The molecule has 0 aliphatic heterocycles. The number of rotatable bonds is 4. The van der Waals surface area contributed by atoms with Gasteiger partial charge in [-0.1, -0.05) is 13.0 Å². The molecule has 0 aliphatic rings. The summed E-state index contributed by atoms with van der Waals surface area (Å²) in [7, 11) is 3.25. The van der Waals surface area contributed by atoms with Crippen molar-refractivity contribution >= 4 is 17.6 Å². The number of hydrogen-bond donors (Lipinski definition) is 1. The summed E-state index contributed by atoms with van der Waals surface area (Å²) in [6.45, 7) is 2.36. The highest BCUT2D eigenvalue weighted by atomic mass is 16.5. The quantitative estimate of drug-likeness (QED) is 0.768. The maximum absolute atomic E-state index is 11.3. The zero-order valence-electron chi connectivity index (χ0n) is 9.80. The topological polar surface area (TPSA) is 68.5 Å². The van der Waals surface area contributed by atoms with Crippen molar-refractivity contribution in [2.24, 2.45) is 5.92 Å². The third-order valence-corrected chi connectivity index (χ3v) is 2.30. The van der Waals surface area contributed by atoms with Crippen LogP contribution in [0.1, 0.15) is 6.92 Å². The zero-order chi connectivity index (χ0) is 12.1. The third-order valence-electron chi connectivity index (χ3n) is 2.30. The van der Waals surface area contributed by atoms with Gasteiger partial charge < -0.3 is 15.4 Å². The van der Waals surface area contributed by atoms with Crippen molar-refractivity contribution in [3.8, 4) is 0 Å². The van der Waals surface area contributed by atoms with E-state index in [0.29, 0.717) is 12.4 Å². The molecule has 1 rings (SSSR count). The molecule has 0 radical (unpaired) electrons. The van der Waals surface area contributed by atoms with Crippen molar-refractivity contribution in [1.29, 1.82) is 0 Å². The van der Waals surface area contributed by atoms with Crippen molar-refractivity contribution in [2.45, 2.75) is 6.92 Å². The van der Waals surface area contributed by atoms with E-state index in [-0.39, 0.29) is 11.9 Å². The van der Waals surface area contributed by atoms with E-state index in [0.717, 1.165) is 5.82 Å². The third kappa shape index (κ3) is 3.12. The van der Waals surface area contributed by atoms with E-state index >= 15 is 0 Å². The molecular formula is C11H17N3O2. The van der Waals surface area contributed by atoms with Gasteiger partial charge in [0.25, 0.3) is 0 Å². The second-order valence-corrected chi connectivity index (χ2v) is 3.73. The molecule has 0 amide bonds. The van der Waals surface area contributed by atoms with Crippen LogP contribution < -0.4 is 10.6 Å². The van der Waals surface area contributed by atoms with Gasteiger partial charge in [-0.3, -0.25) is 4.79 Å². The molecule has 1 unspecified atom stereocenters. The summed E-state index contributed by atoms with van der Waals surface area (Å²) in [4.78, 5) is 17.3. The number of nitrogens with zero attached hydrogens (tertiary/aromatic N) is 2. The highest BCUT2D eigenvalue weighted by Gasteiger charge is 2.16. The van der Waals surface area contributed by atoms with Crippen LogP contribution in [0.15, 0.2) is 18.2 Å². The lowest BCUT2D eigenvalue weighted by molar-refractivity contribution is -0.144. The molecule has 1 aromatic heterocycles. The van der Waals surface area contributed by atoms with Gasteiger partial charge in [0, 0.05) is 13.6 Å². The zero-order valence-corrected chi connectivity index (χ0v) is 9.80.